The summed E-state index contributed by atoms with van der Waals surface area (Å²) in [6.07, 6.45) is 38.6. The predicted octanol–water partition coefficient (Wildman–Crippen LogP) is 18.3. The van der Waals surface area contributed by atoms with Crippen LogP contribution in [0.4, 0.5) is 0 Å². The Balaban J connectivity index is 1.18. The van der Waals surface area contributed by atoms with Crippen LogP contribution in [0.3, 0.4) is 0 Å². The van der Waals surface area contributed by atoms with E-state index in [4.69, 9.17) is 38.9 Å². The molecule has 9 rings (SSSR count). The summed E-state index contributed by atoms with van der Waals surface area (Å²) in [5, 5.41) is 0. The Morgan fingerprint density at radius 1 is 0.282 bits per heavy atom. The Labute approximate surface area is 465 Å². The molecule has 0 atom stereocenters. The molecule has 0 saturated carbocycles. The van der Waals surface area contributed by atoms with E-state index < -0.39 is 0 Å². The minimum absolute atomic E-state index is 0.634. The SMILES string of the molecule is CCCCCCCCCCOc1ccccc1C1=C2C=CC(=N2)C(c2ccc(OCCC)cc2)=C2C=CC(=N2)C(c2ccccc2OCCCCCCCCCC)=C2C=CC(=N2)C(c2ccc(OCCC)cc2)=C2C=CC1=N2. The van der Waals surface area contributed by atoms with Gasteiger partial charge in [-0.1, -0.05) is 178 Å². The molecule has 0 radical (unpaired) electrons. The van der Waals surface area contributed by atoms with Crippen molar-refractivity contribution in [3.05, 3.63) is 191 Å². The molecule has 0 N–H and O–H groups in total. The Morgan fingerprint density at radius 2 is 0.603 bits per heavy atom. The summed E-state index contributed by atoms with van der Waals surface area (Å²) in [7, 11) is 0. The van der Waals surface area contributed by atoms with Crippen LogP contribution in [0.1, 0.15) is 166 Å². The van der Waals surface area contributed by atoms with Gasteiger partial charge in [0.2, 0.25) is 0 Å². The van der Waals surface area contributed by atoms with E-state index >= 15 is 0 Å². The van der Waals surface area contributed by atoms with Gasteiger partial charge in [0, 0.05) is 33.4 Å². The van der Waals surface area contributed by atoms with Crippen molar-refractivity contribution in [3.8, 4) is 23.0 Å². The number of nitrogens with zero attached hydrogens (tertiary/aromatic N) is 4. The van der Waals surface area contributed by atoms with Crippen LogP contribution in [-0.4, -0.2) is 49.3 Å². The second-order valence-electron chi connectivity index (χ2n) is 20.7. The summed E-state index contributed by atoms with van der Waals surface area (Å²) < 4.78 is 25.6. The van der Waals surface area contributed by atoms with E-state index in [1.54, 1.807) is 0 Å². The van der Waals surface area contributed by atoms with Gasteiger partial charge in [-0.2, -0.15) is 0 Å². The lowest BCUT2D eigenvalue weighted by Crippen LogP contribution is -2.06. The molecule has 5 aliphatic rings. The van der Waals surface area contributed by atoms with Gasteiger partial charge in [-0.25, -0.2) is 20.0 Å². The summed E-state index contributed by atoms with van der Waals surface area (Å²) >= 11 is 0. The van der Waals surface area contributed by atoms with Crippen molar-refractivity contribution in [2.75, 3.05) is 26.4 Å². The Kier molecular flexibility index (Phi) is 20.5. The first-order valence-corrected chi connectivity index (χ1v) is 29.5. The van der Waals surface area contributed by atoms with Crippen LogP contribution >= 0.6 is 0 Å². The lowest BCUT2D eigenvalue weighted by Gasteiger charge is -2.16. The van der Waals surface area contributed by atoms with Crippen molar-refractivity contribution < 1.29 is 18.9 Å². The molecule has 4 aromatic rings. The number of allylic oxidation sites excluding steroid dienone is 12. The van der Waals surface area contributed by atoms with Crippen LogP contribution < -0.4 is 18.9 Å². The van der Waals surface area contributed by atoms with Gasteiger partial charge >= 0.3 is 0 Å². The van der Waals surface area contributed by atoms with E-state index in [2.05, 4.69) is 149 Å². The molecule has 0 aromatic heterocycles. The molecular weight excluding hydrogens is 961 g/mol. The van der Waals surface area contributed by atoms with Crippen LogP contribution in [0.5, 0.6) is 23.0 Å². The Bertz CT molecular complexity index is 2890. The predicted molar refractivity (Wildman–Crippen MR) is 328 cm³/mol. The molecule has 5 aliphatic heterocycles. The number of fused-ring (bicyclic) bond motifs is 4. The summed E-state index contributed by atoms with van der Waals surface area (Å²) in [5.74, 6) is 3.28. The minimum atomic E-state index is 0.634. The van der Waals surface area contributed by atoms with Crippen molar-refractivity contribution in [3.63, 3.8) is 0 Å². The maximum Gasteiger partial charge on any atom is 0.127 e. The second-order valence-corrected chi connectivity index (χ2v) is 20.7. The van der Waals surface area contributed by atoms with Crippen molar-refractivity contribution in [2.45, 2.75) is 143 Å². The van der Waals surface area contributed by atoms with Crippen LogP contribution in [0, 0.1) is 0 Å². The first-order chi connectivity index (χ1) is 38.6. The number of unbranched alkanes of at least 4 members (excludes halogenated alkanes) is 14. The van der Waals surface area contributed by atoms with E-state index in [9.17, 15) is 0 Å². The molecule has 0 fully saturated rings. The molecule has 0 aliphatic carbocycles. The lowest BCUT2D eigenvalue weighted by atomic mass is 9.97. The third-order valence-corrected chi connectivity index (χ3v) is 14.7. The quantitative estimate of drug-likeness (QED) is 0.0487. The fraction of sp³-hybridized carbons (Fsp3) is 0.371. The topological polar surface area (TPSA) is 86.4 Å². The first kappa shape index (κ1) is 55.4. The van der Waals surface area contributed by atoms with Crippen molar-refractivity contribution in [2.24, 2.45) is 20.0 Å². The van der Waals surface area contributed by atoms with E-state index in [1.807, 2.05) is 24.3 Å². The van der Waals surface area contributed by atoms with E-state index in [0.29, 0.717) is 26.4 Å². The van der Waals surface area contributed by atoms with Crippen molar-refractivity contribution in [1.82, 2.24) is 0 Å². The highest BCUT2D eigenvalue weighted by atomic mass is 16.5. The molecule has 78 heavy (non-hydrogen) atoms. The number of hydrogen-bond acceptors (Lipinski definition) is 8. The van der Waals surface area contributed by atoms with Crippen molar-refractivity contribution in [1.29, 1.82) is 0 Å². The average molecular weight is 1040 g/mol. The van der Waals surface area contributed by atoms with Gasteiger partial charge in [-0.05, 0) is 122 Å². The molecule has 0 amide bonds. The molecule has 8 heteroatoms. The number of hydrogen-bond donors (Lipinski definition) is 0. The van der Waals surface area contributed by atoms with Gasteiger partial charge in [0.1, 0.15) is 23.0 Å². The van der Waals surface area contributed by atoms with Crippen molar-refractivity contribution >= 4 is 45.1 Å². The Hall–Kier alpha value is -7.32. The fourth-order valence-electron chi connectivity index (χ4n) is 10.5. The zero-order valence-electron chi connectivity index (χ0n) is 46.8. The maximum atomic E-state index is 6.73. The standard InChI is InChI=1S/C70H80N4O4/c1-5-9-11-13-15-17-19-25-49-77-65-29-23-21-27-55(65)69-61-43-39-57(71-61)67(51-31-35-53(36-32-51)75-47-7-3)59-41-45-63(73-59)70(56-28-22-24-30-66(56)78-50-26-20-18-16-14-12-10-6-2)64-46-42-60(74-64)68(58-40-44-62(69)72-58)52-33-37-54(38-34-52)76-48-8-4/h21-24,27-46H,5-20,25-26,47-50H2,1-4H3. The third kappa shape index (κ3) is 14.2. The first-order valence-electron chi connectivity index (χ1n) is 29.5. The van der Waals surface area contributed by atoms with Crippen LogP contribution in [0.25, 0.3) is 22.3 Å². The fourth-order valence-corrected chi connectivity index (χ4v) is 10.5. The minimum Gasteiger partial charge on any atom is -0.494 e. The molecule has 8 bridgehead atoms. The summed E-state index contributed by atoms with van der Waals surface area (Å²) in [4.78, 5) is 22.3. The van der Waals surface area contributed by atoms with E-state index in [1.165, 1.54) is 77.0 Å². The molecular formula is C70H80N4O4. The summed E-state index contributed by atoms with van der Waals surface area (Å²) in [6.45, 7) is 11.4. The zero-order chi connectivity index (χ0) is 53.7. The molecule has 5 heterocycles. The highest BCUT2D eigenvalue weighted by Crippen LogP contribution is 2.42. The average Bonchev–Trinajstić information content (AvgIpc) is 4.41. The molecule has 0 unspecified atom stereocenters. The molecule has 8 nitrogen and oxygen atoms in total. The van der Waals surface area contributed by atoms with Gasteiger partial charge in [0.15, 0.2) is 0 Å². The molecule has 0 saturated heterocycles. The number of aliphatic imine (C=N–C) groups is 4. The highest BCUT2D eigenvalue weighted by molar-refractivity contribution is 6.40. The van der Waals surface area contributed by atoms with E-state index in [-0.39, 0.29) is 0 Å². The van der Waals surface area contributed by atoms with Gasteiger partial charge in [0.25, 0.3) is 0 Å². The lowest BCUT2D eigenvalue weighted by molar-refractivity contribution is 0.303. The number of rotatable bonds is 30. The van der Waals surface area contributed by atoms with Gasteiger partial charge in [-0.15, -0.1) is 0 Å². The van der Waals surface area contributed by atoms with Gasteiger partial charge < -0.3 is 18.9 Å². The normalized spacial score (nSPS) is 15.4. The molecule has 0 spiro atoms. The maximum absolute atomic E-state index is 6.73. The monoisotopic (exact) mass is 1040 g/mol. The van der Waals surface area contributed by atoms with E-state index in [0.717, 1.165) is 152 Å². The van der Waals surface area contributed by atoms with Gasteiger partial charge in [-0.3, -0.25) is 0 Å². The Morgan fingerprint density at radius 3 is 0.962 bits per heavy atom. The molecule has 4 aromatic carbocycles. The molecule has 404 valence electrons. The summed E-state index contributed by atoms with van der Waals surface area (Å²) in [6, 6.07) is 33.4. The van der Waals surface area contributed by atoms with Crippen LogP contribution in [0.2, 0.25) is 0 Å². The smallest absolute Gasteiger partial charge is 0.127 e. The third-order valence-electron chi connectivity index (χ3n) is 14.7. The zero-order valence-corrected chi connectivity index (χ0v) is 46.8. The number of benzene rings is 4. The number of ether oxygens (including phenoxy) is 4. The van der Waals surface area contributed by atoms with Gasteiger partial charge in [0.05, 0.1) is 72.1 Å². The number of para-hydroxylation sites is 2. The largest absolute Gasteiger partial charge is 0.494 e. The van der Waals surface area contributed by atoms with Crippen LogP contribution in [-0.2, 0) is 0 Å². The second kappa shape index (κ2) is 28.9. The van der Waals surface area contributed by atoms with Crippen LogP contribution in [0.15, 0.2) is 188 Å². The highest BCUT2D eigenvalue weighted by Gasteiger charge is 2.29. The summed E-state index contributed by atoms with van der Waals surface area (Å²) in [5.41, 5.74) is 13.8.